The Kier molecular flexibility index (Phi) is 3.44. The number of aliphatic hydroxyl groups excluding tert-OH is 1. The molecule has 0 amide bonds. The van der Waals surface area contributed by atoms with Crippen molar-refractivity contribution in [2.45, 2.75) is 20.0 Å². The summed E-state index contributed by atoms with van der Waals surface area (Å²) in [6.07, 6.45) is 0.949. The Morgan fingerprint density at radius 1 is 1.44 bits per heavy atom. The molecule has 1 rings (SSSR count). The number of nitro benzene ring substituents is 1. The van der Waals surface area contributed by atoms with E-state index in [4.69, 9.17) is 0 Å². The molecule has 0 heterocycles. The Balaban J connectivity index is 2.98. The van der Waals surface area contributed by atoms with E-state index in [1.165, 1.54) is 12.1 Å². The van der Waals surface area contributed by atoms with Crippen LogP contribution in [0.3, 0.4) is 0 Å². The lowest BCUT2D eigenvalue weighted by Gasteiger charge is -2.27. The third-order valence-corrected chi connectivity index (χ3v) is 2.65. The Hall–Kier alpha value is -1.68. The van der Waals surface area contributed by atoms with Crippen LogP contribution in [-0.2, 0) is 0 Å². The van der Waals surface area contributed by atoms with Gasteiger partial charge in [-0.25, -0.2) is 0 Å². The highest BCUT2D eigenvalue weighted by molar-refractivity contribution is 5.34. The first-order chi connectivity index (χ1) is 7.38. The van der Waals surface area contributed by atoms with Crippen LogP contribution in [-0.4, -0.2) is 10.0 Å². The maximum atomic E-state index is 10.5. The summed E-state index contributed by atoms with van der Waals surface area (Å²) in [5, 5.41) is 20.5. The lowest BCUT2D eigenvalue weighted by atomic mass is 9.83. The predicted octanol–water partition coefficient (Wildman–Crippen LogP) is 2.84. The van der Waals surface area contributed by atoms with Crippen molar-refractivity contribution in [3.8, 4) is 0 Å². The Labute approximate surface area is 94.4 Å². The van der Waals surface area contributed by atoms with E-state index in [-0.39, 0.29) is 5.69 Å². The fourth-order valence-electron chi connectivity index (χ4n) is 1.32. The molecule has 0 aromatic heterocycles. The van der Waals surface area contributed by atoms with E-state index in [1.807, 2.05) is 13.8 Å². The molecule has 16 heavy (non-hydrogen) atoms. The number of nitrogens with zero attached hydrogens (tertiary/aromatic N) is 1. The van der Waals surface area contributed by atoms with Crippen molar-refractivity contribution >= 4 is 5.69 Å². The normalized spacial score (nSPS) is 13.2. The second-order valence-corrected chi connectivity index (χ2v) is 4.28. The standard InChI is InChI=1S/C12H15NO3/c1-4-12(2,3)11(14)9-5-7-10(8-6-9)13(15)16/h4-8,11,14H,1H2,2-3H3. The molecule has 0 spiro atoms. The van der Waals surface area contributed by atoms with Gasteiger partial charge in [-0.15, -0.1) is 6.58 Å². The summed E-state index contributed by atoms with van der Waals surface area (Å²) >= 11 is 0. The summed E-state index contributed by atoms with van der Waals surface area (Å²) in [5.74, 6) is 0. The summed E-state index contributed by atoms with van der Waals surface area (Å²) in [6.45, 7) is 7.36. The van der Waals surface area contributed by atoms with Gasteiger partial charge in [0.15, 0.2) is 0 Å². The first-order valence-corrected chi connectivity index (χ1v) is 4.94. The minimum atomic E-state index is -0.717. The van der Waals surface area contributed by atoms with E-state index >= 15 is 0 Å². The van der Waals surface area contributed by atoms with Crippen molar-refractivity contribution in [3.05, 3.63) is 52.6 Å². The number of rotatable bonds is 4. The topological polar surface area (TPSA) is 63.4 Å². The number of hydrogen-bond acceptors (Lipinski definition) is 3. The lowest BCUT2D eigenvalue weighted by molar-refractivity contribution is -0.384. The quantitative estimate of drug-likeness (QED) is 0.483. The molecule has 0 bridgehead atoms. The maximum Gasteiger partial charge on any atom is 0.269 e. The summed E-state index contributed by atoms with van der Waals surface area (Å²) in [4.78, 5) is 10.00. The molecule has 0 saturated heterocycles. The van der Waals surface area contributed by atoms with Gasteiger partial charge in [0.2, 0.25) is 0 Å². The number of hydrogen-bond donors (Lipinski definition) is 1. The highest BCUT2D eigenvalue weighted by Crippen LogP contribution is 2.34. The molecule has 1 unspecified atom stereocenters. The molecule has 0 saturated carbocycles. The summed E-state index contributed by atoms with van der Waals surface area (Å²) in [7, 11) is 0. The zero-order valence-electron chi connectivity index (χ0n) is 9.38. The van der Waals surface area contributed by atoms with Crippen LogP contribution in [0.5, 0.6) is 0 Å². The average molecular weight is 221 g/mol. The number of aliphatic hydroxyl groups is 1. The molecule has 1 N–H and O–H groups in total. The zero-order valence-corrected chi connectivity index (χ0v) is 9.38. The van der Waals surface area contributed by atoms with Crippen LogP contribution in [0.4, 0.5) is 5.69 Å². The molecule has 86 valence electrons. The number of non-ortho nitro benzene ring substituents is 1. The van der Waals surface area contributed by atoms with Crippen LogP contribution in [0, 0.1) is 15.5 Å². The van der Waals surface area contributed by atoms with Crippen LogP contribution >= 0.6 is 0 Å². The van der Waals surface area contributed by atoms with E-state index in [9.17, 15) is 15.2 Å². The van der Waals surface area contributed by atoms with Crippen molar-refractivity contribution in [1.82, 2.24) is 0 Å². The predicted molar refractivity (Wildman–Crippen MR) is 62.0 cm³/mol. The third kappa shape index (κ3) is 2.46. The van der Waals surface area contributed by atoms with E-state index in [0.717, 1.165) is 0 Å². The fourth-order valence-corrected chi connectivity index (χ4v) is 1.32. The molecular formula is C12H15NO3. The van der Waals surface area contributed by atoms with E-state index < -0.39 is 16.4 Å². The number of nitro groups is 1. The molecule has 0 aliphatic rings. The minimum Gasteiger partial charge on any atom is -0.388 e. The van der Waals surface area contributed by atoms with Gasteiger partial charge in [0, 0.05) is 17.5 Å². The van der Waals surface area contributed by atoms with Gasteiger partial charge in [0.1, 0.15) is 0 Å². The average Bonchev–Trinajstić information content (AvgIpc) is 2.28. The van der Waals surface area contributed by atoms with Gasteiger partial charge in [-0.05, 0) is 17.7 Å². The Morgan fingerprint density at radius 2 is 1.94 bits per heavy atom. The van der Waals surface area contributed by atoms with Crippen LogP contribution in [0.2, 0.25) is 0 Å². The van der Waals surface area contributed by atoms with Crippen molar-refractivity contribution in [1.29, 1.82) is 0 Å². The minimum absolute atomic E-state index is 0.0207. The molecule has 4 heteroatoms. The van der Waals surface area contributed by atoms with Gasteiger partial charge in [-0.3, -0.25) is 10.1 Å². The van der Waals surface area contributed by atoms with Gasteiger partial charge in [0.05, 0.1) is 11.0 Å². The van der Waals surface area contributed by atoms with Crippen molar-refractivity contribution in [2.75, 3.05) is 0 Å². The highest BCUT2D eigenvalue weighted by Gasteiger charge is 2.25. The van der Waals surface area contributed by atoms with Gasteiger partial charge in [0.25, 0.3) is 5.69 Å². The van der Waals surface area contributed by atoms with Gasteiger partial charge in [-0.2, -0.15) is 0 Å². The van der Waals surface area contributed by atoms with Crippen LogP contribution in [0.1, 0.15) is 25.5 Å². The second-order valence-electron chi connectivity index (χ2n) is 4.28. The summed E-state index contributed by atoms with van der Waals surface area (Å²) in [5.41, 5.74) is 0.207. The van der Waals surface area contributed by atoms with Crippen molar-refractivity contribution in [3.63, 3.8) is 0 Å². The molecule has 1 atom stereocenters. The largest absolute Gasteiger partial charge is 0.388 e. The summed E-state index contributed by atoms with van der Waals surface area (Å²) < 4.78 is 0. The molecule has 4 nitrogen and oxygen atoms in total. The zero-order chi connectivity index (χ0) is 12.3. The van der Waals surface area contributed by atoms with Crippen molar-refractivity contribution in [2.24, 2.45) is 5.41 Å². The fraction of sp³-hybridized carbons (Fsp3) is 0.333. The van der Waals surface area contributed by atoms with E-state index in [2.05, 4.69) is 6.58 Å². The maximum absolute atomic E-state index is 10.5. The first kappa shape index (κ1) is 12.4. The Bertz CT molecular complexity index is 395. The SMILES string of the molecule is C=CC(C)(C)C(O)c1ccc([N+](=O)[O-])cc1. The molecular weight excluding hydrogens is 206 g/mol. The second kappa shape index (κ2) is 4.45. The summed E-state index contributed by atoms with van der Waals surface area (Å²) in [6, 6.07) is 5.90. The van der Waals surface area contributed by atoms with Gasteiger partial charge in [-0.1, -0.05) is 19.9 Å². The van der Waals surface area contributed by atoms with Crippen LogP contribution < -0.4 is 0 Å². The van der Waals surface area contributed by atoms with Gasteiger partial charge >= 0.3 is 0 Å². The third-order valence-electron chi connectivity index (χ3n) is 2.65. The van der Waals surface area contributed by atoms with E-state index in [0.29, 0.717) is 5.56 Å². The molecule has 0 radical (unpaired) electrons. The van der Waals surface area contributed by atoms with E-state index in [1.54, 1.807) is 18.2 Å². The molecule has 0 fully saturated rings. The monoisotopic (exact) mass is 221 g/mol. The molecule has 1 aromatic rings. The molecule has 1 aromatic carbocycles. The van der Waals surface area contributed by atoms with Gasteiger partial charge < -0.3 is 5.11 Å². The Morgan fingerprint density at radius 3 is 2.31 bits per heavy atom. The van der Waals surface area contributed by atoms with Crippen molar-refractivity contribution < 1.29 is 10.0 Å². The lowest BCUT2D eigenvalue weighted by Crippen LogP contribution is -2.18. The smallest absolute Gasteiger partial charge is 0.269 e. The first-order valence-electron chi connectivity index (χ1n) is 4.94. The highest BCUT2D eigenvalue weighted by atomic mass is 16.6. The molecule has 0 aliphatic carbocycles. The van der Waals surface area contributed by atoms with Crippen LogP contribution in [0.25, 0.3) is 0 Å². The van der Waals surface area contributed by atoms with Crippen LogP contribution in [0.15, 0.2) is 36.9 Å². The molecule has 0 aliphatic heterocycles. The number of benzene rings is 1.